The van der Waals surface area contributed by atoms with E-state index in [0.717, 1.165) is 82.0 Å². The monoisotopic (exact) mass is 870 g/mol. The van der Waals surface area contributed by atoms with Crippen molar-refractivity contribution >= 4 is 55.4 Å². The van der Waals surface area contributed by atoms with Crippen molar-refractivity contribution in [2.45, 2.75) is 161 Å². The number of aliphatic hydroxyl groups is 3. The van der Waals surface area contributed by atoms with Crippen molar-refractivity contribution in [1.82, 2.24) is 0 Å². The van der Waals surface area contributed by atoms with Gasteiger partial charge in [-0.25, -0.2) is 0 Å². The van der Waals surface area contributed by atoms with Gasteiger partial charge in [0.1, 0.15) is 0 Å². The summed E-state index contributed by atoms with van der Waals surface area (Å²) in [4.78, 5) is 76.9. The number of rotatable bonds is 30. The number of ether oxygens (including phenoxy) is 3. The van der Waals surface area contributed by atoms with Crippen LogP contribution in [0, 0.1) is 17.8 Å². The Hall–Kier alpha value is -2.50. The van der Waals surface area contributed by atoms with Gasteiger partial charge in [0.15, 0.2) is 0 Å². The predicted molar refractivity (Wildman–Crippen MR) is 195 cm³/mol. The Balaban J connectivity index is 5.66. The molecule has 6 unspecified atom stereocenters. The van der Waals surface area contributed by atoms with Gasteiger partial charge in [-0.1, -0.05) is 0 Å². The van der Waals surface area contributed by atoms with Crippen LogP contribution in [0.2, 0.25) is 4.94 Å². The quantitative estimate of drug-likeness (QED) is 0.0506. The second kappa shape index (κ2) is 28.9. The van der Waals surface area contributed by atoms with E-state index in [1.807, 2.05) is 41.5 Å². The van der Waals surface area contributed by atoms with Crippen LogP contribution in [0.5, 0.6) is 0 Å². The molecule has 0 aromatic carbocycles. The van der Waals surface area contributed by atoms with Crippen molar-refractivity contribution in [3.8, 4) is 0 Å². The number of hydrogen-bond acceptors (Lipinski definition) is 15. The van der Waals surface area contributed by atoms with Gasteiger partial charge in [-0.3, -0.25) is 0 Å². The SMILES string of the molecule is CCCCC(CC)COC(=O)C(O)CC(=O)[O][Sn]([CH3])([O]C(=O)CC(O)C(=O)OCC(CC)CCCC)[O]C(=O)CC(O)C(=O)OCC(CC)CCCC. The van der Waals surface area contributed by atoms with Gasteiger partial charge in [0.05, 0.1) is 0 Å². The molecule has 0 aliphatic heterocycles. The summed E-state index contributed by atoms with van der Waals surface area (Å²) >= 11 is -5.71. The molecule has 308 valence electrons. The van der Waals surface area contributed by atoms with Crippen molar-refractivity contribution in [3.63, 3.8) is 0 Å². The van der Waals surface area contributed by atoms with E-state index in [2.05, 4.69) is 0 Å². The molecule has 0 fully saturated rings. The van der Waals surface area contributed by atoms with Crippen LogP contribution in [0.15, 0.2) is 0 Å². The Morgan fingerprint density at radius 3 is 0.925 bits per heavy atom. The summed E-state index contributed by atoms with van der Waals surface area (Å²) in [6, 6.07) is 0. The Morgan fingerprint density at radius 1 is 0.472 bits per heavy atom. The third kappa shape index (κ3) is 23.1. The molecule has 0 saturated carbocycles. The Kier molecular flexibility index (Phi) is 27.5. The first-order chi connectivity index (χ1) is 25.1. The average Bonchev–Trinajstić information content (AvgIpc) is 3.10. The van der Waals surface area contributed by atoms with Gasteiger partial charge in [-0.2, -0.15) is 0 Å². The summed E-state index contributed by atoms with van der Waals surface area (Å²) in [6.45, 7) is 12.0. The molecule has 0 rings (SSSR count). The van der Waals surface area contributed by atoms with Gasteiger partial charge < -0.3 is 0 Å². The standard InChI is InChI=1S/3C12H22O5.CH3.Sn/c3*1-3-5-6-9(4-2)8-17-12(16)10(13)7-11(14)15;;/h3*9-10,13H,3-8H2,1-2H3,(H,14,15);1H3;/q;;;;+3/p-3. The van der Waals surface area contributed by atoms with E-state index in [4.69, 9.17) is 23.4 Å². The van der Waals surface area contributed by atoms with Crippen molar-refractivity contribution in [3.05, 3.63) is 0 Å². The normalized spacial score (nSPS) is 15.7. The first-order valence-corrected chi connectivity index (χ1v) is 25.6. The summed E-state index contributed by atoms with van der Waals surface area (Å²) in [6.07, 6.45) is 1.68. The van der Waals surface area contributed by atoms with E-state index >= 15 is 0 Å². The van der Waals surface area contributed by atoms with Crippen LogP contribution in [0.1, 0.15) is 138 Å². The minimum absolute atomic E-state index is 0.0405. The molecule has 0 spiro atoms. The number of unbranched alkanes of at least 4 members (excludes halogenated alkanes) is 3. The van der Waals surface area contributed by atoms with Crippen molar-refractivity contribution in [2.75, 3.05) is 19.8 Å². The Labute approximate surface area is 320 Å². The fraction of sp³-hybridized carbons (Fsp3) is 0.838. The van der Waals surface area contributed by atoms with Crippen LogP contribution in [0.3, 0.4) is 0 Å². The van der Waals surface area contributed by atoms with Crippen LogP contribution in [-0.4, -0.2) is 109 Å². The fourth-order valence-corrected chi connectivity index (χ4v) is 9.73. The molecule has 0 saturated heterocycles. The van der Waals surface area contributed by atoms with E-state index in [-0.39, 0.29) is 37.6 Å². The zero-order chi connectivity index (χ0) is 40.4. The second-order valence-corrected chi connectivity index (χ2v) is 20.3. The van der Waals surface area contributed by atoms with Gasteiger partial charge in [0, 0.05) is 0 Å². The molecule has 0 bridgehead atoms. The van der Waals surface area contributed by atoms with E-state index in [9.17, 15) is 44.1 Å². The summed E-state index contributed by atoms with van der Waals surface area (Å²) in [5, 5.41) is 31.0. The molecule has 0 heterocycles. The van der Waals surface area contributed by atoms with Crippen LogP contribution in [0.4, 0.5) is 0 Å². The van der Waals surface area contributed by atoms with Crippen molar-refractivity contribution in [1.29, 1.82) is 0 Å². The van der Waals surface area contributed by atoms with Crippen molar-refractivity contribution in [2.24, 2.45) is 17.8 Å². The summed E-state index contributed by atoms with van der Waals surface area (Å²) in [5.74, 6) is -6.85. The molecule has 0 aliphatic carbocycles. The molecule has 0 aliphatic rings. The van der Waals surface area contributed by atoms with Crippen LogP contribution in [-0.2, 0) is 52.2 Å². The number of aliphatic hydroxyl groups excluding tert-OH is 3. The summed E-state index contributed by atoms with van der Waals surface area (Å²) < 4.78 is 31.3. The summed E-state index contributed by atoms with van der Waals surface area (Å²) in [5.41, 5.74) is 0. The third-order valence-corrected chi connectivity index (χ3v) is 13.9. The van der Waals surface area contributed by atoms with Gasteiger partial charge in [-0.15, -0.1) is 0 Å². The molecule has 0 aromatic rings. The van der Waals surface area contributed by atoms with Gasteiger partial charge >= 0.3 is 322 Å². The fourth-order valence-electron chi connectivity index (χ4n) is 5.11. The van der Waals surface area contributed by atoms with Gasteiger partial charge in [0.2, 0.25) is 0 Å². The number of hydrogen-bond donors (Lipinski definition) is 3. The van der Waals surface area contributed by atoms with Crippen LogP contribution in [0.25, 0.3) is 0 Å². The van der Waals surface area contributed by atoms with E-state index < -0.39 is 93.0 Å². The maximum atomic E-state index is 12.9. The summed E-state index contributed by atoms with van der Waals surface area (Å²) in [7, 11) is 0. The molecule has 16 heteroatoms. The molecule has 0 radical (unpaired) electrons. The topological polar surface area (TPSA) is 218 Å². The van der Waals surface area contributed by atoms with E-state index in [0.29, 0.717) is 0 Å². The molecule has 0 amide bonds. The first kappa shape index (κ1) is 50.5. The van der Waals surface area contributed by atoms with Crippen LogP contribution < -0.4 is 0 Å². The Morgan fingerprint density at radius 2 is 0.717 bits per heavy atom. The zero-order valence-corrected chi connectivity index (χ0v) is 35.8. The van der Waals surface area contributed by atoms with E-state index in [1.165, 1.54) is 0 Å². The number of carbonyl (C=O) groups is 6. The molecule has 53 heavy (non-hydrogen) atoms. The molecule has 0 aromatic heterocycles. The average molecular weight is 870 g/mol. The molecule has 6 atom stereocenters. The predicted octanol–water partition coefficient (Wildman–Crippen LogP) is 4.72. The van der Waals surface area contributed by atoms with E-state index in [1.54, 1.807) is 0 Å². The molecular formula is C37H66O15Sn. The minimum atomic E-state index is -5.71. The molecule has 3 N–H and O–H groups in total. The molecular weight excluding hydrogens is 803 g/mol. The zero-order valence-electron chi connectivity index (χ0n) is 32.9. The second-order valence-electron chi connectivity index (χ2n) is 13.6. The van der Waals surface area contributed by atoms with Gasteiger partial charge in [-0.05, 0) is 0 Å². The van der Waals surface area contributed by atoms with Crippen molar-refractivity contribution < 1.29 is 67.5 Å². The first-order valence-electron chi connectivity index (χ1n) is 19.3. The Bertz CT molecular complexity index is 969. The van der Waals surface area contributed by atoms with Crippen LogP contribution >= 0.6 is 0 Å². The molecule has 15 nitrogen and oxygen atoms in total. The number of esters is 3. The third-order valence-electron chi connectivity index (χ3n) is 8.81. The number of carbonyl (C=O) groups excluding carboxylic acids is 6. The maximum absolute atomic E-state index is 12.9. The van der Waals surface area contributed by atoms with Gasteiger partial charge in [0.25, 0.3) is 0 Å².